The van der Waals surface area contributed by atoms with Gasteiger partial charge in [0.1, 0.15) is 0 Å². The Labute approximate surface area is 71.2 Å². The van der Waals surface area contributed by atoms with E-state index in [4.69, 9.17) is 0 Å². The number of H-pyrrole nitrogens is 1. The number of nitrogens with one attached hydrogen (secondary N) is 2. The van der Waals surface area contributed by atoms with Crippen LogP contribution in [0.5, 0.6) is 0 Å². The summed E-state index contributed by atoms with van der Waals surface area (Å²) in [4.78, 5) is 13.5. The summed E-state index contributed by atoms with van der Waals surface area (Å²) in [6, 6.07) is 1.88. The molecule has 0 aliphatic carbocycles. The molecule has 0 bridgehead atoms. The number of hydrogen-bond donors (Lipinski definition) is 2. The number of aldehydes is 1. The number of hydrogen-bond acceptors (Lipinski definition) is 2. The van der Waals surface area contributed by atoms with Crippen LogP contribution >= 0.6 is 0 Å². The molecule has 0 spiro atoms. The first-order valence-corrected chi connectivity index (χ1v) is 4.31. The number of aromatic nitrogens is 1. The number of carbonyl (C=O) groups is 1. The van der Waals surface area contributed by atoms with Crippen LogP contribution in [0.25, 0.3) is 0 Å². The molecule has 64 valence electrons. The van der Waals surface area contributed by atoms with Crippen molar-refractivity contribution in [1.82, 2.24) is 4.98 Å². The Balaban J connectivity index is 2.32. The molecule has 1 aromatic rings. The van der Waals surface area contributed by atoms with Gasteiger partial charge >= 0.3 is 0 Å². The van der Waals surface area contributed by atoms with Gasteiger partial charge in [0.25, 0.3) is 0 Å². The van der Waals surface area contributed by atoms with Crippen molar-refractivity contribution in [2.45, 2.75) is 19.3 Å². The molecule has 1 aromatic heterocycles. The number of aryl methyl sites for hydroxylation is 1. The predicted octanol–water partition coefficient (Wildman–Crippen LogP) is 1.58. The second kappa shape index (κ2) is 3.01. The van der Waals surface area contributed by atoms with Gasteiger partial charge in [-0.3, -0.25) is 4.79 Å². The van der Waals surface area contributed by atoms with Crippen molar-refractivity contribution < 1.29 is 4.79 Å². The number of carbonyl (C=O) groups excluding carboxylic acids is 1. The first-order chi connectivity index (χ1) is 5.90. The van der Waals surface area contributed by atoms with Gasteiger partial charge in [0.2, 0.25) is 0 Å². The molecule has 2 rings (SSSR count). The summed E-state index contributed by atoms with van der Waals surface area (Å²) in [5, 5.41) is 3.29. The van der Waals surface area contributed by atoms with E-state index in [0.29, 0.717) is 5.69 Å². The third-order valence-corrected chi connectivity index (χ3v) is 2.22. The zero-order valence-corrected chi connectivity index (χ0v) is 6.89. The molecule has 0 aromatic carbocycles. The molecule has 0 saturated carbocycles. The van der Waals surface area contributed by atoms with Crippen molar-refractivity contribution in [3.05, 3.63) is 17.5 Å². The van der Waals surface area contributed by atoms with E-state index < -0.39 is 0 Å². The Morgan fingerprint density at radius 1 is 1.42 bits per heavy atom. The first-order valence-electron chi connectivity index (χ1n) is 4.31. The van der Waals surface area contributed by atoms with Gasteiger partial charge in [-0.15, -0.1) is 0 Å². The maximum atomic E-state index is 10.5. The molecule has 1 aliphatic rings. The van der Waals surface area contributed by atoms with E-state index in [0.717, 1.165) is 24.9 Å². The zero-order chi connectivity index (χ0) is 8.39. The van der Waals surface area contributed by atoms with Crippen LogP contribution in [0.15, 0.2) is 6.07 Å². The second-order valence-corrected chi connectivity index (χ2v) is 3.12. The van der Waals surface area contributed by atoms with Crippen molar-refractivity contribution in [3.8, 4) is 0 Å². The third kappa shape index (κ3) is 1.22. The average Bonchev–Trinajstić information content (AvgIpc) is 2.37. The van der Waals surface area contributed by atoms with E-state index >= 15 is 0 Å². The number of fused-ring (bicyclic) bond motifs is 1. The topological polar surface area (TPSA) is 44.9 Å². The minimum atomic E-state index is 0.675. The van der Waals surface area contributed by atoms with Gasteiger partial charge in [-0.1, -0.05) is 0 Å². The fourth-order valence-electron chi connectivity index (χ4n) is 1.59. The predicted molar refractivity (Wildman–Crippen MR) is 47.6 cm³/mol. The Kier molecular flexibility index (Phi) is 1.86. The third-order valence-electron chi connectivity index (χ3n) is 2.22. The molecule has 2 N–H and O–H groups in total. The molecule has 0 fully saturated rings. The fourth-order valence-corrected chi connectivity index (χ4v) is 1.59. The summed E-state index contributed by atoms with van der Waals surface area (Å²) in [5.41, 5.74) is 2.96. The SMILES string of the molecule is O=Cc1cc2c([nH]1)CCCCN2. The molecule has 0 radical (unpaired) electrons. The summed E-state index contributed by atoms with van der Waals surface area (Å²) in [5.74, 6) is 0. The van der Waals surface area contributed by atoms with E-state index in [1.807, 2.05) is 6.07 Å². The molecule has 1 aliphatic heterocycles. The van der Waals surface area contributed by atoms with Crippen molar-refractivity contribution >= 4 is 12.0 Å². The highest BCUT2D eigenvalue weighted by Crippen LogP contribution is 2.21. The molecule has 3 nitrogen and oxygen atoms in total. The number of aromatic amines is 1. The van der Waals surface area contributed by atoms with Gasteiger partial charge in [-0.05, 0) is 25.3 Å². The van der Waals surface area contributed by atoms with Crippen molar-refractivity contribution in [3.63, 3.8) is 0 Å². The van der Waals surface area contributed by atoms with Gasteiger partial charge in [0.15, 0.2) is 6.29 Å². The highest BCUT2D eigenvalue weighted by Gasteiger charge is 2.09. The van der Waals surface area contributed by atoms with Gasteiger partial charge < -0.3 is 10.3 Å². The van der Waals surface area contributed by atoms with Crippen LogP contribution in [-0.4, -0.2) is 17.8 Å². The summed E-state index contributed by atoms with van der Waals surface area (Å²) < 4.78 is 0. The normalized spacial score (nSPS) is 16.0. The lowest BCUT2D eigenvalue weighted by Gasteiger charge is -1.98. The highest BCUT2D eigenvalue weighted by molar-refractivity contribution is 5.76. The molecule has 0 unspecified atom stereocenters. The standard InChI is InChI=1S/C9H12N2O/c12-6-7-5-9-8(11-7)3-1-2-4-10-9/h5-6,10-11H,1-4H2. The minimum absolute atomic E-state index is 0.675. The largest absolute Gasteiger partial charge is 0.384 e. The van der Waals surface area contributed by atoms with Crippen molar-refractivity contribution in [2.75, 3.05) is 11.9 Å². The molecular formula is C9H12N2O. The smallest absolute Gasteiger partial charge is 0.166 e. The van der Waals surface area contributed by atoms with Crippen LogP contribution in [0.3, 0.4) is 0 Å². The summed E-state index contributed by atoms with van der Waals surface area (Å²) >= 11 is 0. The minimum Gasteiger partial charge on any atom is -0.384 e. The van der Waals surface area contributed by atoms with Crippen LogP contribution < -0.4 is 5.32 Å². The number of anilines is 1. The van der Waals surface area contributed by atoms with Gasteiger partial charge in [0, 0.05) is 12.2 Å². The summed E-state index contributed by atoms with van der Waals surface area (Å²) in [7, 11) is 0. The quantitative estimate of drug-likeness (QED) is 0.619. The Morgan fingerprint density at radius 3 is 3.17 bits per heavy atom. The van der Waals surface area contributed by atoms with Crippen LogP contribution in [0.1, 0.15) is 29.0 Å². The molecule has 0 amide bonds. The van der Waals surface area contributed by atoms with Gasteiger partial charge in [0.05, 0.1) is 11.4 Å². The Morgan fingerprint density at radius 2 is 2.33 bits per heavy atom. The molecule has 0 saturated heterocycles. The molecular weight excluding hydrogens is 152 g/mol. The zero-order valence-electron chi connectivity index (χ0n) is 6.89. The van der Waals surface area contributed by atoms with Crippen molar-refractivity contribution in [1.29, 1.82) is 0 Å². The van der Waals surface area contributed by atoms with Crippen LogP contribution in [-0.2, 0) is 6.42 Å². The molecule has 12 heavy (non-hydrogen) atoms. The van der Waals surface area contributed by atoms with Crippen LogP contribution in [0.2, 0.25) is 0 Å². The van der Waals surface area contributed by atoms with E-state index in [1.165, 1.54) is 18.5 Å². The van der Waals surface area contributed by atoms with Gasteiger partial charge in [-0.25, -0.2) is 0 Å². The summed E-state index contributed by atoms with van der Waals surface area (Å²) in [6.45, 7) is 1.02. The Hall–Kier alpha value is -1.25. The van der Waals surface area contributed by atoms with E-state index in [9.17, 15) is 4.79 Å². The molecule has 0 atom stereocenters. The van der Waals surface area contributed by atoms with Crippen molar-refractivity contribution in [2.24, 2.45) is 0 Å². The number of rotatable bonds is 1. The monoisotopic (exact) mass is 164 g/mol. The second-order valence-electron chi connectivity index (χ2n) is 3.12. The maximum absolute atomic E-state index is 10.5. The van der Waals surface area contributed by atoms with Crippen LogP contribution in [0, 0.1) is 0 Å². The lowest BCUT2D eigenvalue weighted by atomic mass is 10.2. The highest BCUT2D eigenvalue weighted by atomic mass is 16.1. The lowest BCUT2D eigenvalue weighted by Crippen LogP contribution is -1.97. The molecule has 2 heterocycles. The maximum Gasteiger partial charge on any atom is 0.166 e. The van der Waals surface area contributed by atoms with E-state index in [-0.39, 0.29) is 0 Å². The fraction of sp³-hybridized carbons (Fsp3) is 0.444. The van der Waals surface area contributed by atoms with Crippen LogP contribution in [0.4, 0.5) is 5.69 Å². The molecule has 3 heteroatoms. The lowest BCUT2D eigenvalue weighted by molar-refractivity contribution is 0.111. The van der Waals surface area contributed by atoms with E-state index in [1.54, 1.807) is 0 Å². The first kappa shape index (κ1) is 7.40. The van der Waals surface area contributed by atoms with E-state index in [2.05, 4.69) is 10.3 Å². The summed E-state index contributed by atoms with van der Waals surface area (Å²) in [6.07, 6.45) is 4.31. The average molecular weight is 164 g/mol. The van der Waals surface area contributed by atoms with Gasteiger partial charge in [-0.2, -0.15) is 0 Å². The Bertz CT molecular complexity index is 267.